The summed E-state index contributed by atoms with van der Waals surface area (Å²) < 4.78 is 14.3. The molecule has 1 amide bonds. The fourth-order valence-corrected chi connectivity index (χ4v) is 1.87. The molecule has 0 unspecified atom stereocenters. The molecule has 0 spiro atoms. The predicted molar refractivity (Wildman–Crippen MR) is 78.3 cm³/mol. The van der Waals surface area contributed by atoms with Gasteiger partial charge in [-0.2, -0.15) is 5.10 Å². The van der Waals surface area contributed by atoms with E-state index in [9.17, 15) is 14.0 Å². The van der Waals surface area contributed by atoms with Gasteiger partial charge in [0.2, 0.25) is 0 Å². The number of nitrogens with zero attached hydrogens (tertiary/aromatic N) is 2. The van der Waals surface area contributed by atoms with E-state index in [0.717, 1.165) is 0 Å². The second-order valence-electron chi connectivity index (χ2n) is 5.45. The number of benzene rings is 1. The number of aryl methyl sites for hydroxylation is 1. The van der Waals surface area contributed by atoms with Crippen LogP contribution in [0.25, 0.3) is 0 Å². The van der Waals surface area contributed by atoms with E-state index in [1.165, 1.54) is 49.1 Å². The Labute approximate surface area is 126 Å². The molecular weight excluding hydrogens is 289 g/mol. The Morgan fingerprint density at radius 2 is 2.05 bits per heavy atom. The van der Waals surface area contributed by atoms with Crippen molar-refractivity contribution in [1.82, 2.24) is 9.78 Å². The van der Waals surface area contributed by atoms with Crippen molar-refractivity contribution >= 4 is 17.6 Å². The molecule has 2 aromatic rings. The second-order valence-corrected chi connectivity index (χ2v) is 5.45. The third-order valence-electron chi connectivity index (χ3n) is 3.37. The molecule has 6 nitrogen and oxygen atoms in total. The van der Waals surface area contributed by atoms with Crippen LogP contribution in [0.15, 0.2) is 30.6 Å². The van der Waals surface area contributed by atoms with Gasteiger partial charge >= 0.3 is 5.97 Å². The third kappa shape index (κ3) is 2.98. The van der Waals surface area contributed by atoms with Crippen LogP contribution in [-0.2, 0) is 10.3 Å². The Morgan fingerprint density at radius 3 is 2.64 bits per heavy atom. The van der Waals surface area contributed by atoms with Crippen LogP contribution in [0.2, 0.25) is 0 Å². The van der Waals surface area contributed by atoms with Gasteiger partial charge in [0.05, 0.1) is 11.9 Å². The summed E-state index contributed by atoms with van der Waals surface area (Å²) >= 11 is 0. The van der Waals surface area contributed by atoms with Gasteiger partial charge in [-0.3, -0.25) is 9.48 Å². The summed E-state index contributed by atoms with van der Waals surface area (Å²) in [5.74, 6) is -1.86. The predicted octanol–water partition coefficient (Wildman–Crippen LogP) is 2.40. The normalized spacial score (nSPS) is 11.3. The van der Waals surface area contributed by atoms with Crippen molar-refractivity contribution in [1.29, 1.82) is 0 Å². The van der Waals surface area contributed by atoms with Gasteiger partial charge in [0.1, 0.15) is 5.82 Å². The van der Waals surface area contributed by atoms with Gasteiger partial charge in [0.25, 0.3) is 5.91 Å². The molecule has 0 saturated carbocycles. The quantitative estimate of drug-likeness (QED) is 0.908. The highest BCUT2D eigenvalue weighted by Crippen LogP contribution is 2.18. The van der Waals surface area contributed by atoms with E-state index in [2.05, 4.69) is 10.4 Å². The molecule has 1 aromatic carbocycles. The number of carboxylic acid groups (broad SMARTS) is 1. The summed E-state index contributed by atoms with van der Waals surface area (Å²) in [5, 5.41) is 15.7. The average molecular weight is 305 g/mol. The van der Waals surface area contributed by atoms with Crippen LogP contribution in [0, 0.1) is 12.7 Å². The molecule has 7 heteroatoms. The van der Waals surface area contributed by atoms with Crippen LogP contribution in [-0.4, -0.2) is 26.8 Å². The SMILES string of the molecule is Cc1cc(F)ccc1C(=O)Nc1cnn(C(C)(C)C(=O)O)c1. The summed E-state index contributed by atoms with van der Waals surface area (Å²) in [6.07, 6.45) is 2.80. The number of carbonyl (C=O) groups excluding carboxylic acids is 1. The summed E-state index contributed by atoms with van der Waals surface area (Å²) in [6, 6.07) is 3.87. The number of anilines is 1. The molecule has 2 rings (SSSR count). The number of halogens is 1. The monoisotopic (exact) mass is 305 g/mol. The van der Waals surface area contributed by atoms with Crippen molar-refractivity contribution in [3.63, 3.8) is 0 Å². The number of hydrogen-bond acceptors (Lipinski definition) is 3. The molecule has 0 fully saturated rings. The molecule has 0 radical (unpaired) electrons. The number of hydrogen-bond donors (Lipinski definition) is 2. The molecule has 22 heavy (non-hydrogen) atoms. The maximum Gasteiger partial charge on any atom is 0.331 e. The fraction of sp³-hybridized carbons (Fsp3) is 0.267. The topological polar surface area (TPSA) is 84.2 Å². The summed E-state index contributed by atoms with van der Waals surface area (Å²) in [4.78, 5) is 23.3. The van der Waals surface area contributed by atoms with Crippen LogP contribution in [0.5, 0.6) is 0 Å². The first-order valence-corrected chi connectivity index (χ1v) is 6.58. The number of carbonyl (C=O) groups is 2. The van der Waals surface area contributed by atoms with E-state index in [1.807, 2.05) is 0 Å². The van der Waals surface area contributed by atoms with Crippen LogP contribution in [0.3, 0.4) is 0 Å². The molecule has 0 aliphatic carbocycles. The Balaban J connectivity index is 2.20. The van der Waals surface area contributed by atoms with Crippen LogP contribution in [0.1, 0.15) is 29.8 Å². The fourth-order valence-electron chi connectivity index (χ4n) is 1.87. The summed E-state index contributed by atoms with van der Waals surface area (Å²) in [7, 11) is 0. The number of aromatic nitrogens is 2. The molecule has 1 aromatic heterocycles. The van der Waals surface area contributed by atoms with Crippen molar-refractivity contribution in [3.05, 3.63) is 47.5 Å². The molecule has 0 aliphatic rings. The Hall–Kier alpha value is -2.70. The molecule has 0 bridgehead atoms. The van der Waals surface area contributed by atoms with Gasteiger partial charge in [-0.1, -0.05) is 0 Å². The highest BCUT2D eigenvalue weighted by molar-refractivity contribution is 6.05. The van der Waals surface area contributed by atoms with Crippen molar-refractivity contribution in [2.45, 2.75) is 26.3 Å². The third-order valence-corrected chi connectivity index (χ3v) is 3.37. The smallest absolute Gasteiger partial charge is 0.331 e. The lowest BCUT2D eigenvalue weighted by Gasteiger charge is -2.19. The number of nitrogens with one attached hydrogen (secondary N) is 1. The van der Waals surface area contributed by atoms with Crippen LogP contribution >= 0.6 is 0 Å². The van der Waals surface area contributed by atoms with Crippen molar-refractivity contribution < 1.29 is 19.1 Å². The van der Waals surface area contributed by atoms with Gasteiger partial charge < -0.3 is 10.4 Å². The van der Waals surface area contributed by atoms with E-state index in [1.54, 1.807) is 6.92 Å². The lowest BCUT2D eigenvalue weighted by Crippen LogP contribution is -2.35. The number of rotatable bonds is 4. The molecule has 0 aliphatic heterocycles. The highest BCUT2D eigenvalue weighted by Gasteiger charge is 2.30. The van der Waals surface area contributed by atoms with Gasteiger partial charge in [-0.25, -0.2) is 9.18 Å². The molecule has 2 N–H and O–H groups in total. The summed E-state index contributed by atoms with van der Waals surface area (Å²) in [5.41, 5.74) is -0.0140. The minimum absolute atomic E-state index is 0.339. The highest BCUT2D eigenvalue weighted by atomic mass is 19.1. The van der Waals surface area contributed by atoms with Gasteiger partial charge in [-0.15, -0.1) is 0 Å². The van der Waals surface area contributed by atoms with E-state index in [-0.39, 0.29) is 0 Å². The second kappa shape index (κ2) is 5.59. The minimum Gasteiger partial charge on any atom is -0.479 e. The van der Waals surface area contributed by atoms with E-state index in [0.29, 0.717) is 16.8 Å². The zero-order valence-electron chi connectivity index (χ0n) is 12.4. The minimum atomic E-state index is -1.23. The molecule has 0 saturated heterocycles. The molecule has 0 atom stereocenters. The van der Waals surface area contributed by atoms with Gasteiger partial charge in [0.15, 0.2) is 5.54 Å². The zero-order valence-corrected chi connectivity index (χ0v) is 12.4. The zero-order chi connectivity index (χ0) is 16.5. The van der Waals surface area contributed by atoms with Crippen LogP contribution < -0.4 is 5.32 Å². The average Bonchev–Trinajstić information content (AvgIpc) is 2.87. The standard InChI is InChI=1S/C15H16FN3O3/c1-9-6-10(16)4-5-12(9)13(20)18-11-7-17-19(8-11)15(2,3)14(21)22/h4-8H,1-3H3,(H,18,20)(H,21,22). The van der Waals surface area contributed by atoms with Crippen molar-refractivity contribution in [3.8, 4) is 0 Å². The lowest BCUT2D eigenvalue weighted by atomic mass is 10.1. The van der Waals surface area contributed by atoms with Gasteiger partial charge in [0, 0.05) is 11.8 Å². The number of carboxylic acids is 1. The Bertz CT molecular complexity index is 737. The van der Waals surface area contributed by atoms with E-state index < -0.39 is 23.2 Å². The Kier molecular flexibility index (Phi) is 3.99. The van der Waals surface area contributed by atoms with Crippen LogP contribution in [0.4, 0.5) is 10.1 Å². The maximum absolute atomic E-state index is 13.0. The van der Waals surface area contributed by atoms with Crippen molar-refractivity contribution in [2.24, 2.45) is 0 Å². The first kappa shape index (κ1) is 15.7. The number of aliphatic carboxylic acids is 1. The first-order valence-electron chi connectivity index (χ1n) is 6.58. The maximum atomic E-state index is 13.0. The van der Waals surface area contributed by atoms with E-state index >= 15 is 0 Å². The largest absolute Gasteiger partial charge is 0.479 e. The van der Waals surface area contributed by atoms with Crippen molar-refractivity contribution in [2.75, 3.05) is 5.32 Å². The first-order chi connectivity index (χ1) is 10.2. The molecule has 116 valence electrons. The summed E-state index contributed by atoms with van der Waals surface area (Å²) in [6.45, 7) is 4.63. The Morgan fingerprint density at radius 1 is 1.36 bits per heavy atom. The van der Waals surface area contributed by atoms with Gasteiger partial charge in [-0.05, 0) is 44.5 Å². The van der Waals surface area contributed by atoms with E-state index in [4.69, 9.17) is 5.11 Å². The lowest BCUT2D eigenvalue weighted by molar-refractivity contribution is -0.146. The number of amides is 1. The molecule has 1 heterocycles. The molecular formula is C15H16FN3O3.